The summed E-state index contributed by atoms with van der Waals surface area (Å²) in [7, 11) is 0. The molecule has 0 aliphatic rings. The number of hydrogen-bond donors (Lipinski definition) is 1. The van der Waals surface area contributed by atoms with Crippen LogP contribution in [0, 0.1) is 22.7 Å². The lowest BCUT2D eigenvalue weighted by molar-refractivity contribution is 1.48. The fourth-order valence-corrected chi connectivity index (χ4v) is 0.753. The quantitative estimate of drug-likeness (QED) is 0.510. The Morgan fingerprint density at radius 2 is 1.69 bits per heavy atom. The second kappa shape index (κ2) is 3.89. The predicted molar refractivity (Wildman–Crippen MR) is 49.2 cm³/mol. The number of nitriles is 2. The summed E-state index contributed by atoms with van der Waals surface area (Å²) in [6.45, 7) is 0. The lowest BCUT2D eigenvalue weighted by atomic mass is 10.3. The minimum Gasteiger partial charge on any atom is -0.399 e. The molecular formula is C9H6N4. The normalized spacial score (nSPS) is 8.15. The molecule has 0 radical (unpaired) electrons. The molecule has 4 heteroatoms. The van der Waals surface area contributed by atoms with Crippen LogP contribution in [0.2, 0.25) is 0 Å². The number of benzene rings is 1. The van der Waals surface area contributed by atoms with Crippen LogP contribution in [-0.2, 0) is 0 Å². The molecule has 0 fully saturated rings. The number of nitrogen functional groups attached to an aromatic ring is 1. The molecule has 2 N–H and O–H groups in total. The van der Waals surface area contributed by atoms with E-state index in [0.29, 0.717) is 11.4 Å². The number of anilines is 1. The molecule has 1 aromatic rings. The maximum absolute atomic E-state index is 8.41. The molecule has 0 saturated heterocycles. The Labute approximate surface area is 75.5 Å². The van der Waals surface area contributed by atoms with Gasteiger partial charge in [-0.25, -0.2) is 4.99 Å². The first-order valence-electron chi connectivity index (χ1n) is 3.50. The van der Waals surface area contributed by atoms with Crippen molar-refractivity contribution in [1.82, 2.24) is 0 Å². The van der Waals surface area contributed by atoms with Gasteiger partial charge in [0.25, 0.3) is 0 Å². The van der Waals surface area contributed by atoms with E-state index < -0.39 is 0 Å². The predicted octanol–water partition coefficient (Wildman–Crippen LogP) is 1.39. The smallest absolute Gasteiger partial charge is 0.218 e. The zero-order chi connectivity index (χ0) is 9.68. The van der Waals surface area contributed by atoms with Gasteiger partial charge in [0.15, 0.2) is 0 Å². The lowest BCUT2D eigenvalue weighted by Gasteiger charge is -1.93. The average molecular weight is 170 g/mol. The van der Waals surface area contributed by atoms with Crippen LogP contribution in [0.25, 0.3) is 0 Å². The molecule has 0 aliphatic carbocycles. The second-order valence-electron chi connectivity index (χ2n) is 2.28. The first kappa shape index (κ1) is 8.76. The van der Waals surface area contributed by atoms with Crippen LogP contribution in [0.15, 0.2) is 29.3 Å². The highest BCUT2D eigenvalue weighted by molar-refractivity contribution is 6.11. The number of nitrogens with zero attached hydrogens (tertiary/aromatic N) is 3. The van der Waals surface area contributed by atoms with Gasteiger partial charge in [-0.15, -0.1) is 0 Å². The second-order valence-corrected chi connectivity index (χ2v) is 2.28. The van der Waals surface area contributed by atoms with Gasteiger partial charge in [-0.05, 0) is 24.3 Å². The molecule has 0 spiro atoms. The van der Waals surface area contributed by atoms with Gasteiger partial charge in [-0.1, -0.05) is 0 Å². The van der Waals surface area contributed by atoms with E-state index in [-0.39, 0.29) is 5.71 Å². The van der Waals surface area contributed by atoms with E-state index >= 15 is 0 Å². The third-order valence-corrected chi connectivity index (χ3v) is 1.35. The van der Waals surface area contributed by atoms with Gasteiger partial charge in [0.2, 0.25) is 5.71 Å². The van der Waals surface area contributed by atoms with Gasteiger partial charge >= 0.3 is 0 Å². The molecule has 0 aliphatic heterocycles. The van der Waals surface area contributed by atoms with Gasteiger partial charge in [0.1, 0.15) is 12.1 Å². The molecule has 1 aromatic carbocycles. The standard InChI is InChI=1S/C9H6N4/c10-5-9(6-11)13-8-3-1-7(12)2-4-8/h1-4H,12H2. The average Bonchev–Trinajstić information content (AvgIpc) is 2.17. The summed E-state index contributed by atoms with van der Waals surface area (Å²) >= 11 is 0. The van der Waals surface area contributed by atoms with Gasteiger partial charge < -0.3 is 5.73 Å². The van der Waals surface area contributed by atoms with Gasteiger partial charge in [-0.2, -0.15) is 10.5 Å². The van der Waals surface area contributed by atoms with Crippen LogP contribution in [-0.4, -0.2) is 5.71 Å². The Kier molecular flexibility index (Phi) is 2.62. The van der Waals surface area contributed by atoms with Gasteiger partial charge in [-0.3, -0.25) is 0 Å². The summed E-state index contributed by atoms with van der Waals surface area (Å²) in [6.07, 6.45) is 0. The summed E-state index contributed by atoms with van der Waals surface area (Å²) in [4.78, 5) is 3.78. The molecule has 0 bridgehead atoms. The topological polar surface area (TPSA) is 86.0 Å². The van der Waals surface area contributed by atoms with Crippen molar-refractivity contribution in [2.75, 3.05) is 5.73 Å². The largest absolute Gasteiger partial charge is 0.399 e. The van der Waals surface area contributed by atoms with E-state index in [2.05, 4.69) is 4.99 Å². The monoisotopic (exact) mass is 170 g/mol. The molecule has 4 nitrogen and oxygen atoms in total. The molecular weight excluding hydrogens is 164 g/mol. The van der Waals surface area contributed by atoms with Crippen molar-refractivity contribution in [3.8, 4) is 12.1 Å². The zero-order valence-corrected chi connectivity index (χ0v) is 6.73. The van der Waals surface area contributed by atoms with Crippen molar-refractivity contribution in [2.45, 2.75) is 0 Å². The van der Waals surface area contributed by atoms with Crippen molar-refractivity contribution in [2.24, 2.45) is 4.99 Å². The van der Waals surface area contributed by atoms with E-state index in [1.165, 1.54) is 0 Å². The molecule has 1 rings (SSSR count). The van der Waals surface area contributed by atoms with Crippen molar-refractivity contribution in [3.05, 3.63) is 24.3 Å². The number of hydrogen-bond acceptors (Lipinski definition) is 4. The summed E-state index contributed by atoms with van der Waals surface area (Å²) in [5.41, 5.74) is 6.45. The molecule has 0 saturated carbocycles. The molecule has 0 heterocycles. The van der Waals surface area contributed by atoms with Crippen LogP contribution >= 0.6 is 0 Å². The highest BCUT2D eigenvalue weighted by Crippen LogP contribution is 2.13. The van der Waals surface area contributed by atoms with E-state index in [1.807, 2.05) is 0 Å². The lowest BCUT2D eigenvalue weighted by Crippen LogP contribution is -1.86. The van der Waals surface area contributed by atoms with E-state index in [0.717, 1.165) is 0 Å². The van der Waals surface area contributed by atoms with Crippen LogP contribution in [0.1, 0.15) is 0 Å². The highest BCUT2D eigenvalue weighted by atomic mass is 14.7. The van der Waals surface area contributed by atoms with E-state index in [9.17, 15) is 0 Å². The maximum atomic E-state index is 8.41. The van der Waals surface area contributed by atoms with Crippen molar-refractivity contribution in [1.29, 1.82) is 10.5 Å². The Balaban J connectivity index is 3.00. The Hall–Kier alpha value is -2.33. The molecule has 13 heavy (non-hydrogen) atoms. The summed E-state index contributed by atoms with van der Waals surface area (Å²) in [5.74, 6) is 0. The Morgan fingerprint density at radius 1 is 1.15 bits per heavy atom. The first-order chi connectivity index (χ1) is 6.26. The summed E-state index contributed by atoms with van der Waals surface area (Å²) in [6, 6.07) is 9.95. The van der Waals surface area contributed by atoms with Crippen LogP contribution in [0.3, 0.4) is 0 Å². The fraction of sp³-hybridized carbons (Fsp3) is 0. The number of nitrogens with two attached hydrogens (primary N) is 1. The van der Waals surface area contributed by atoms with Crippen molar-refractivity contribution in [3.63, 3.8) is 0 Å². The van der Waals surface area contributed by atoms with Crippen LogP contribution in [0.5, 0.6) is 0 Å². The minimum atomic E-state index is -0.162. The molecule has 0 amide bonds. The fourth-order valence-electron chi connectivity index (χ4n) is 0.753. The molecule has 0 unspecified atom stereocenters. The first-order valence-corrected chi connectivity index (χ1v) is 3.50. The van der Waals surface area contributed by atoms with Crippen LogP contribution in [0.4, 0.5) is 11.4 Å². The molecule has 62 valence electrons. The minimum absolute atomic E-state index is 0.162. The Bertz CT molecular complexity index is 387. The third kappa shape index (κ3) is 2.32. The SMILES string of the molecule is N#CC(C#N)=Nc1ccc(N)cc1. The number of rotatable bonds is 1. The van der Waals surface area contributed by atoms with Gasteiger partial charge in [0, 0.05) is 5.69 Å². The Morgan fingerprint density at radius 3 is 2.15 bits per heavy atom. The maximum Gasteiger partial charge on any atom is 0.218 e. The van der Waals surface area contributed by atoms with E-state index in [1.54, 1.807) is 36.4 Å². The molecule has 0 aromatic heterocycles. The van der Waals surface area contributed by atoms with E-state index in [4.69, 9.17) is 16.3 Å². The zero-order valence-electron chi connectivity index (χ0n) is 6.73. The van der Waals surface area contributed by atoms with Gasteiger partial charge in [0.05, 0.1) is 5.69 Å². The third-order valence-electron chi connectivity index (χ3n) is 1.35. The molecule has 0 atom stereocenters. The number of aliphatic imine (C=N–C) groups is 1. The summed E-state index contributed by atoms with van der Waals surface area (Å²) < 4.78 is 0. The van der Waals surface area contributed by atoms with Crippen molar-refractivity contribution >= 4 is 17.1 Å². The van der Waals surface area contributed by atoms with Crippen molar-refractivity contribution < 1.29 is 0 Å². The summed E-state index contributed by atoms with van der Waals surface area (Å²) in [5, 5.41) is 16.8. The highest BCUT2D eigenvalue weighted by Gasteiger charge is 1.94. The van der Waals surface area contributed by atoms with Crippen LogP contribution < -0.4 is 5.73 Å².